The molecule has 0 aliphatic carbocycles. The van der Waals surface area contributed by atoms with Crippen molar-refractivity contribution in [3.63, 3.8) is 0 Å². The number of pyridine rings is 1. The van der Waals surface area contributed by atoms with Gasteiger partial charge in [0.25, 0.3) is 11.7 Å². The smallest absolute Gasteiger partial charge is 0.300 e. The van der Waals surface area contributed by atoms with Gasteiger partial charge in [-0.3, -0.25) is 24.3 Å². The first kappa shape index (κ1) is 23.7. The number of amides is 2. The molecule has 1 aliphatic heterocycles. The molecule has 2 aromatic carbocycles. The average molecular weight is 472 g/mol. The lowest BCUT2D eigenvalue weighted by atomic mass is 9.96. The monoisotopic (exact) mass is 471 g/mol. The van der Waals surface area contributed by atoms with Crippen LogP contribution in [0.4, 0.5) is 11.4 Å². The van der Waals surface area contributed by atoms with Gasteiger partial charge in [0.1, 0.15) is 11.5 Å². The molecule has 0 saturated carbocycles. The average Bonchev–Trinajstić information content (AvgIpc) is 3.10. The van der Waals surface area contributed by atoms with Crippen molar-refractivity contribution in [1.82, 2.24) is 4.98 Å². The summed E-state index contributed by atoms with van der Waals surface area (Å²) in [6, 6.07) is 15.8. The number of benzene rings is 2. The normalized spacial score (nSPS) is 17.0. The van der Waals surface area contributed by atoms with E-state index in [0.717, 1.165) is 0 Å². The van der Waals surface area contributed by atoms with Crippen LogP contribution >= 0.6 is 0 Å². The molecule has 1 aliphatic rings. The van der Waals surface area contributed by atoms with Crippen molar-refractivity contribution in [2.24, 2.45) is 0 Å². The molecule has 1 atom stereocenters. The number of anilines is 2. The van der Waals surface area contributed by atoms with Gasteiger partial charge in [-0.2, -0.15) is 0 Å². The van der Waals surface area contributed by atoms with E-state index in [0.29, 0.717) is 28.3 Å². The van der Waals surface area contributed by atoms with Gasteiger partial charge >= 0.3 is 0 Å². The summed E-state index contributed by atoms with van der Waals surface area (Å²) in [5.74, 6) is -1.46. The van der Waals surface area contributed by atoms with Crippen molar-refractivity contribution in [3.05, 3.63) is 89.8 Å². The zero-order valence-electron chi connectivity index (χ0n) is 19.6. The van der Waals surface area contributed by atoms with Gasteiger partial charge in [-0.05, 0) is 74.0 Å². The van der Waals surface area contributed by atoms with Crippen LogP contribution < -0.4 is 15.0 Å². The summed E-state index contributed by atoms with van der Waals surface area (Å²) < 4.78 is 5.65. The number of ketones is 1. The van der Waals surface area contributed by atoms with Crippen LogP contribution in [0.5, 0.6) is 5.75 Å². The fourth-order valence-corrected chi connectivity index (χ4v) is 3.98. The van der Waals surface area contributed by atoms with Crippen LogP contribution in [0.3, 0.4) is 0 Å². The maximum Gasteiger partial charge on any atom is 0.300 e. The quantitative estimate of drug-likeness (QED) is 0.312. The molecule has 0 bridgehead atoms. The third-order valence-electron chi connectivity index (χ3n) is 5.41. The molecule has 3 aromatic rings. The zero-order valence-corrected chi connectivity index (χ0v) is 19.6. The minimum atomic E-state index is -0.887. The number of aliphatic hydroxyl groups is 1. The Morgan fingerprint density at radius 3 is 2.31 bits per heavy atom. The van der Waals surface area contributed by atoms with Crippen LogP contribution in [0, 0.1) is 0 Å². The zero-order chi connectivity index (χ0) is 25.1. The SMILES string of the molecule is CC(=O)Nc1ccc(N2C(=O)C(=O)/C(=C(\O)c3ccc(OC(C)C)cc3)C2c2cccnc2)cc1. The number of aromatic nitrogens is 1. The maximum absolute atomic E-state index is 13.2. The van der Waals surface area contributed by atoms with Gasteiger partial charge < -0.3 is 15.2 Å². The number of hydrogen-bond acceptors (Lipinski definition) is 6. The molecule has 2 N–H and O–H groups in total. The van der Waals surface area contributed by atoms with Gasteiger partial charge in [0.05, 0.1) is 17.7 Å². The van der Waals surface area contributed by atoms with E-state index in [1.807, 2.05) is 13.8 Å². The molecule has 4 rings (SSSR count). The summed E-state index contributed by atoms with van der Waals surface area (Å²) in [7, 11) is 0. The highest BCUT2D eigenvalue weighted by atomic mass is 16.5. The lowest BCUT2D eigenvalue weighted by Crippen LogP contribution is -2.29. The van der Waals surface area contributed by atoms with Crippen molar-refractivity contribution in [2.45, 2.75) is 32.9 Å². The van der Waals surface area contributed by atoms with Crippen LogP contribution in [-0.2, 0) is 14.4 Å². The van der Waals surface area contributed by atoms with Crippen LogP contribution in [0.25, 0.3) is 5.76 Å². The fraction of sp³-hybridized carbons (Fsp3) is 0.185. The van der Waals surface area contributed by atoms with Crippen molar-refractivity contribution >= 4 is 34.7 Å². The topological polar surface area (TPSA) is 109 Å². The number of Topliss-reactive ketones (excluding diaryl/α,β-unsaturated/α-hetero) is 1. The molecular formula is C27H25N3O5. The Bertz CT molecular complexity index is 1280. The number of carbonyl (C=O) groups is 3. The maximum atomic E-state index is 13.2. The van der Waals surface area contributed by atoms with E-state index < -0.39 is 17.7 Å². The molecule has 1 saturated heterocycles. The summed E-state index contributed by atoms with van der Waals surface area (Å²) in [4.78, 5) is 43.2. The number of nitrogens with one attached hydrogen (secondary N) is 1. The Kier molecular flexibility index (Phi) is 6.64. The second-order valence-corrected chi connectivity index (χ2v) is 8.37. The van der Waals surface area contributed by atoms with Gasteiger partial charge in [-0.25, -0.2) is 0 Å². The molecule has 178 valence electrons. The first-order valence-electron chi connectivity index (χ1n) is 11.1. The predicted molar refractivity (Wildman–Crippen MR) is 132 cm³/mol. The molecule has 2 heterocycles. The predicted octanol–water partition coefficient (Wildman–Crippen LogP) is 4.45. The number of ether oxygens (including phenoxy) is 1. The van der Waals surface area contributed by atoms with E-state index in [-0.39, 0.29) is 23.3 Å². The van der Waals surface area contributed by atoms with E-state index in [1.54, 1.807) is 73.1 Å². The van der Waals surface area contributed by atoms with Crippen molar-refractivity contribution in [3.8, 4) is 5.75 Å². The number of hydrogen-bond donors (Lipinski definition) is 2. The fourth-order valence-electron chi connectivity index (χ4n) is 3.98. The van der Waals surface area contributed by atoms with Crippen LogP contribution in [0.1, 0.15) is 37.9 Å². The molecule has 0 radical (unpaired) electrons. The summed E-state index contributed by atoms with van der Waals surface area (Å²) in [6.07, 6.45) is 3.13. The Hall–Kier alpha value is -4.46. The second-order valence-electron chi connectivity index (χ2n) is 8.37. The highest BCUT2D eigenvalue weighted by Gasteiger charge is 2.47. The van der Waals surface area contributed by atoms with E-state index in [1.165, 1.54) is 11.8 Å². The van der Waals surface area contributed by atoms with Crippen molar-refractivity contribution in [2.75, 3.05) is 10.2 Å². The molecule has 1 fully saturated rings. The van der Waals surface area contributed by atoms with E-state index >= 15 is 0 Å². The Balaban J connectivity index is 1.80. The molecule has 1 aromatic heterocycles. The second kappa shape index (κ2) is 9.80. The van der Waals surface area contributed by atoms with E-state index in [4.69, 9.17) is 4.74 Å². The Labute approximate surface area is 202 Å². The van der Waals surface area contributed by atoms with Gasteiger partial charge in [-0.15, -0.1) is 0 Å². The summed E-state index contributed by atoms with van der Waals surface area (Å²) in [5.41, 5.74) is 1.91. The van der Waals surface area contributed by atoms with Crippen molar-refractivity contribution < 1.29 is 24.2 Å². The largest absolute Gasteiger partial charge is 0.507 e. The molecule has 35 heavy (non-hydrogen) atoms. The van der Waals surface area contributed by atoms with Crippen molar-refractivity contribution in [1.29, 1.82) is 0 Å². The first-order valence-corrected chi connectivity index (χ1v) is 11.1. The highest BCUT2D eigenvalue weighted by molar-refractivity contribution is 6.51. The van der Waals surface area contributed by atoms with Gasteiger partial charge in [-0.1, -0.05) is 6.07 Å². The van der Waals surface area contributed by atoms with E-state index in [2.05, 4.69) is 10.3 Å². The molecule has 8 heteroatoms. The highest BCUT2D eigenvalue weighted by Crippen LogP contribution is 2.42. The lowest BCUT2D eigenvalue weighted by Gasteiger charge is -2.25. The molecular weight excluding hydrogens is 446 g/mol. The summed E-state index contributed by atoms with van der Waals surface area (Å²) >= 11 is 0. The minimum absolute atomic E-state index is 0.0117. The number of nitrogens with zero attached hydrogens (tertiary/aromatic N) is 2. The first-order chi connectivity index (χ1) is 16.8. The molecule has 1 unspecified atom stereocenters. The summed E-state index contributed by atoms with van der Waals surface area (Å²) in [6.45, 7) is 5.22. The number of aliphatic hydroxyl groups excluding tert-OH is 1. The minimum Gasteiger partial charge on any atom is -0.507 e. The lowest BCUT2D eigenvalue weighted by molar-refractivity contribution is -0.132. The van der Waals surface area contributed by atoms with E-state index in [9.17, 15) is 19.5 Å². The van der Waals surface area contributed by atoms with Crippen LogP contribution in [-0.4, -0.2) is 33.8 Å². The van der Waals surface area contributed by atoms with Gasteiger partial charge in [0.15, 0.2) is 0 Å². The summed E-state index contributed by atoms with van der Waals surface area (Å²) in [5, 5.41) is 13.9. The third kappa shape index (κ3) is 4.91. The Morgan fingerprint density at radius 2 is 1.74 bits per heavy atom. The Morgan fingerprint density at radius 1 is 1.06 bits per heavy atom. The van der Waals surface area contributed by atoms with Gasteiger partial charge in [0.2, 0.25) is 5.91 Å². The number of carbonyl (C=O) groups excluding carboxylic acids is 3. The number of rotatable bonds is 6. The standard InChI is InChI=1S/C27H25N3O5/c1-16(2)35-22-12-6-18(7-13-22)25(32)23-24(19-5-4-14-28-15-19)30(27(34)26(23)33)21-10-8-20(9-11-21)29-17(3)31/h4-16,24,32H,1-3H3,(H,29,31)/b25-23-. The van der Waals surface area contributed by atoms with Crippen LogP contribution in [0.2, 0.25) is 0 Å². The van der Waals surface area contributed by atoms with Crippen LogP contribution in [0.15, 0.2) is 78.6 Å². The molecule has 0 spiro atoms. The van der Waals surface area contributed by atoms with Gasteiger partial charge in [0, 0.05) is 36.3 Å². The third-order valence-corrected chi connectivity index (χ3v) is 5.41. The molecule has 2 amide bonds. The molecule has 8 nitrogen and oxygen atoms in total.